The van der Waals surface area contributed by atoms with Crippen molar-refractivity contribution in [2.75, 3.05) is 0 Å². The van der Waals surface area contributed by atoms with Gasteiger partial charge in [0.05, 0.1) is 5.38 Å². The van der Waals surface area contributed by atoms with Crippen LogP contribution >= 0.6 is 11.3 Å². The van der Waals surface area contributed by atoms with E-state index in [0.29, 0.717) is 5.56 Å². The molecule has 0 unspecified atom stereocenters. The molecule has 0 amide bonds. The van der Waals surface area contributed by atoms with Crippen LogP contribution in [0.4, 0.5) is 13.2 Å². The smallest absolute Gasteiger partial charge is 0.282 e. The predicted octanol–water partition coefficient (Wildman–Crippen LogP) is 3.27. The van der Waals surface area contributed by atoms with Gasteiger partial charge in [0, 0.05) is 11.3 Å². The molecule has 0 spiro atoms. The first-order valence-electron chi connectivity index (χ1n) is 4.08. The van der Waals surface area contributed by atoms with Gasteiger partial charge in [-0.25, -0.2) is 0 Å². The average Bonchev–Trinajstić information content (AvgIpc) is 2.68. The highest BCUT2D eigenvalue weighted by Crippen LogP contribution is 2.38. The van der Waals surface area contributed by atoms with Gasteiger partial charge >= 0.3 is 6.18 Å². The van der Waals surface area contributed by atoms with E-state index < -0.39 is 11.7 Å². The number of alkyl halides is 3. The van der Waals surface area contributed by atoms with Crippen molar-refractivity contribution in [3.63, 3.8) is 0 Å². The zero-order valence-corrected chi connectivity index (χ0v) is 8.46. The Morgan fingerprint density at radius 2 is 2.20 bits per heavy atom. The zero-order chi connectivity index (χ0) is 11.1. The highest BCUT2D eigenvalue weighted by atomic mass is 32.1. The van der Waals surface area contributed by atoms with E-state index in [1.54, 1.807) is 11.4 Å². The molecule has 1 N–H and O–H groups in total. The quantitative estimate of drug-likeness (QED) is 0.801. The standard InChI is InChI=1S/C9H6F3N2S/c1-5-7(9(10,11)12)8(14-13-5)6-2-3-15-4-6/h2-3H,1H3,(H,13,14). The van der Waals surface area contributed by atoms with Crippen molar-refractivity contribution in [3.05, 3.63) is 28.1 Å². The van der Waals surface area contributed by atoms with Crippen LogP contribution in [0.25, 0.3) is 11.3 Å². The number of hydrogen-bond donors (Lipinski definition) is 1. The van der Waals surface area contributed by atoms with E-state index in [-0.39, 0.29) is 11.4 Å². The van der Waals surface area contributed by atoms with Crippen LogP contribution in [0, 0.1) is 12.3 Å². The minimum atomic E-state index is -4.39. The first-order valence-corrected chi connectivity index (χ1v) is 4.96. The summed E-state index contributed by atoms with van der Waals surface area (Å²) >= 11 is 1.22. The fourth-order valence-corrected chi connectivity index (χ4v) is 1.90. The fraction of sp³-hybridized carbons (Fsp3) is 0.222. The summed E-state index contributed by atoms with van der Waals surface area (Å²) in [6.45, 7) is 1.35. The normalized spacial score (nSPS) is 12.0. The summed E-state index contributed by atoms with van der Waals surface area (Å²) in [7, 11) is 0. The summed E-state index contributed by atoms with van der Waals surface area (Å²) in [5.74, 6) is 0. The van der Waals surface area contributed by atoms with E-state index >= 15 is 0 Å². The van der Waals surface area contributed by atoms with Crippen molar-refractivity contribution >= 4 is 11.3 Å². The zero-order valence-electron chi connectivity index (χ0n) is 7.64. The lowest BCUT2D eigenvalue weighted by molar-refractivity contribution is -0.137. The molecule has 0 bridgehead atoms. The average molecular weight is 231 g/mol. The van der Waals surface area contributed by atoms with Crippen molar-refractivity contribution < 1.29 is 13.2 Å². The van der Waals surface area contributed by atoms with Gasteiger partial charge < -0.3 is 0 Å². The molecule has 2 nitrogen and oxygen atoms in total. The molecule has 15 heavy (non-hydrogen) atoms. The Bertz CT molecular complexity index is 456. The summed E-state index contributed by atoms with van der Waals surface area (Å²) in [5.41, 5.74) is -0.396. The Balaban J connectivity index is 2.59. The lowest BCUT2D eigenvalue weighted by Crippen LogP contribution is -2.07. The molecule has 2 aromatic rings. The largest absolute Gasteiger partial charge is 0.420 e. The molecule has 0 saturated carbocycles. The van der Waals surface area contributed by atoms with Gasteiger partial charge in [-0.2, -0.15) is 18.3 Å². The Hall–Kier alpha value is -1.30. The topological polar surface area (TPSA) is 28.7 Å². The van der Waals surface area contributed by atoms with Gasteiger partial charge in [-0.05, 0) is 18.4 Å². The van der Waals surface area contributed by atoms with Crippen molar-refractivity contribution in [1.29, 1.82) is 0 Å². The van der Waals surface area contributed by atoms with Crippen LogP contribution in [0.15, 0.2) is 11.4 Å². The molecule has 0 aliphatic carbocycles. The minimum Gasteiger partial charge on any atom is -0.282 e. The SMILES string of the molecule is Cc1[nH]nc(-c2[c]scc2)c1C(F)(F)F. The lowest BCUT2D eigenvalue weighted by Gasteiger charge is -2.06. The third-order valence-electron chi connectivity index (χ3n) is 1.96. The summed E-state index contributed by atoms with van der Waals surface area (Å²) in [6.07, 6.45) is -4.39. The molecule has 2 aromatic heterocycles. The van der Waals surface area contributed by atoms with Crippen LogP contribution < -0.4 is 0 Å². The number of aromatic amines is 1. The Kier molecular flexibility index (Phi) is 2.30. The molecule has 0 fully saturated rings. The molecular weight excluding hydrogens is 225 g/mol. The van der Waals surface area contributed by atoms with E-state index in [1.165, 1.54) is 18.3 Å². The van der Waals surface area contributed by atoms with E-state index in [2.05, 4.69) is 15.6 Å². The predicted molar refractivity (Wildman–Crippen MR) is 50.5 cm³/mol. The molecule has 1 radical (unpaired) electrons. The number of aromatic nitrogens is 2. The number of thiophene rings is 1. The second-order valence-corrected chi connectivity index (χ2v) is 3.72. The van der Waals surface area contributed by atoms with Gasteiger partial charge in [-0.15, -0.1) is 11.3 Å². The first-order chi connectivity index (χ1) is 7.00. The van der Waals surface area contributed by atoms with Crippen molar-refractivity contribution in [1.82, 2.24) is 10.2 Å². The van der Waals surface area contributed by atoms with E-state index in [0.717, 1.165) is 0 Å². The number of halogens is 3. The lowest BCUT2D eigenvalue weighted by atomic mass is 10.1. The highest BCUT2D eigenvalue weighted by molar-refractivity contribution is 7.07. The fourth-order valence-electron chi connectivity index (χ4n) is 1.33. The Labute approximate surface area is 87.8 Å². The number of nitrogens with one attached hydrogen (secondary N) is 1. The number of rotatable bonds is 1. The maximum absolute atomic E-state index is 12.7. The molecule has 6 heteroatoms. The minimum absolute atomic E-state index is 0.0251. The van der Waals surface area contributed by atoms with Crippen LogP contribution in [0.5, 0.6) is 0 Å². The second kappa shape index (κ2) is 3.37. The summed E-state index contributed by atoms with van der Waals surface area (Å²) in [4.78, 5) is 0. The number of nitrogens with zero attached hydrogens (tertiary/aromatic N) is 1. The van der Waals surface area contributed by atoms with Gasteiger partial charge in [0.1, 0.15) is 11.3 Å². The Morgan fingerprint density at radius 1 is 1.47 bits per heavy atom. The van der Waals surface area contributed by atoms with Crippen LogP contribution in [0.2, 0.25) is 0 Å². The van der Waals surface area contributed by atoms with Crippen molar-refractivity contribution in [2.24, 2.45) is 0 Å². The van der Waals surface area contributed by atoms with Gasteiger partial charge in [-0.3, -0.25) is 5.10 Å². The molecule has 79 valence electrons. The van der Waals surface area contributed by atoms with Gasteiger partial charge in [0.2, 0.25) is 0 Å². The molecule has 0 saturated heterocycles. The first kappa shape index (κ1) is 10.2. The van der Waals surface area contributed by atoms with Crippen LogP contribution in [-0.2, 0) is 6.18 Å². The third kappa shape index (κ3) is 1.77. The van der Waals surface area contributed by atoms with Gasteiger partial charge in [-0.1, -0.05) is 0 Å². The highest BCUT2D eigenvalue weighted by Gasteiger charge is 2.37. The molecular formula is C9H6F3N2S. The second-order valence-electron chi connectivity index (χ2n) is 3.01. The number of hydrogen-bond acceptors (Lipinski definition) is 2. The molecule has 2 rings (SSSR count). The molecule has 2 heterocycles. The summed E-state index contributed by atoms with van der Waals surface area (Å²) in [6, 6.07) is 1.56. The van der Waals surface area contributed by atoms with Crippen LogP contribution in [-0.4, -0.2) is 10.2 Å². The van der Waals surface area contributed by atoms with Crippen molar-refractivity contribution in [2.45, 2.75) is 13.1 Å². The Morgan fingerprint density at radius 3 is 2.73 bits per heavy atom. The summed E-state index contributed by atoms with van der Waals surface area (Å²) < 4.78 is 38.0. The van der Waals surface area contributed by atoms with Gasteiger partial charge in [0.25, 0.3) is 0 Å². The van der Waals surface area contributed by atoms with Crippen LogP contribution in [0.3, 0.4) is 0 Å². The molecule has 0 aliphatic rings. The van der Waals surface area contributed by atoms with E-state index in [9.17, 15) is 13.2 Å². The number of aryl methyl sites for hydroxylation is 1. The maximum atomic E-state index is 12.7. The van der Waals surface area contributed by atoms with Gasteiger partial charge in [0.15, 0.2) is 0 Å². The number of H-pyrrole nitrogens is 1. The van der Waals surface area contributed by atoms with Crippen molar-refractivity contribution in [3.8, 4) is 11.3 Å². The third-order valence-corrected chi connectivity index (χ3v) is 2.57. The maximum Gasteiger partial charge on any atom is 0.420 e. The molecule has 0 aliphatic heterocycles. The summed E-state index contributed by atoms with van der Waals surface area (Å²) in [5, 5.41) is 10.4. The monoisotopic (exact) mass is 231 g/mol. The van der Waals surface area contributed by atoms with E-state index in [1.807, 2.05) is 0 Å². The molecule has 0 atom stereocenters. The van der Waals surface area contributed by atoms with Crippen LogP contribution in [0.1, 0.15) is 11.3 Å². The molecule has 0 aromatic carbocycles. The van der Waals surface area contributed by atoms with E-state index in [4.69, 9.17) is 0 Å².